The molecule has 0 spiro atoms. The van der Waals surface area contributed by atoms with E-state index in [1.165, 1.54) is 0 Å². The van der Waals surface area contributed by atoms with E-state index in [1.54, 1.807) is 0 Å². The van der Waals surface area contributed by atoms with Crippen LogP contribution in [-0.4, -0.2) is 29.3 Å². The molecule has 0 rings (SSSR count). The average molecular weight is 202 g/mol. The predicted molar refractivity (Wildman–Crippen MR) is 57.2 cm³/mol. The molecule has 4 nitrogen and oxygen atoms in total. The molecule has 0 fully saturated rings. The lowest BCUT2D eigenvalue weighted by Crippen LogP contribution is -2.51. The summed E-state index contributed by atoms with van der Waals surface area (Å²) in [6, 6.07) is -0.0389. The van der Waals surface area contributed by atoms with Crippen LogP contribution in [0.2, 0.25) is 0 Å². The molecule has 4 heteroatoms. The van der Waals surface area contributed by atoms with Gasteiger partial charge in [-0.3, -0.25) is 0 Å². The van der Waals surface area contributed by atoms with Gasteiger partial charge in [0.25, 0.3) is 0 Å². The van der Waals surface area contributed by atoms with Crippen LogP contribution < -0.4 is 10.6 Å². The maximum Gasteiger partial charge on any atom is 0.315 e. The predicted octanol–water partition coefficient (Wildman–Crippen LogP) is 1.25. The number of rotatable bonds is 5. The van der Waals surface area contributed by atoms with E-state index >= 15 is 0 Å². The molecule has 14 heavy (non-hydrogen) atoms. The van der Waals surface area contributed by atoms with Crippen molar-refractivity contribution < 1.29 is 9.90 Å². The molecule has 1 unspecified atom stereocenters. The summed E-state index contributed by atoms with van der Waals surface area (Å²) in [6.45, 7) is 7.84. The molecule has 0 aromatic heterocycles. The fourth-order valence-corrected chi connectivity index (χ4v) is 1.15. The molecule has 3 N–H and O–H groups in total. The van der Waals surface area contributed by atoms with Crippen molar-refractivity contribution in [3.8, 4) is 0 Å². The van der Waals surface area contributed by atoms with E-state index in [0.717, 1.165) is 6.42 Å². The fourth-order valence-electron chi connectivity index (χ4n) is 1.15. The van der Waals surface area contributed by atoms with Gasteiger partial charge in [0.05, 0.1) is 0 Å². The quantitative estimate of drug-likeness (QED) is 0.628. The second-order valence-corrected chi connectivity index (χ2v) is 4.14. The second kappa shape index (κ2) is 5.86. The number of aliphatic hydroxyl groups excluding tert-OH is 1. The third-order valence-corrected chi connectivity index (χ3v) is 2.28. The lowest BCUT2D eigenvalue weighted by Gasteiger charge is -2.29. The molecule has 0 radical (unpaired) electrons. The Bertz CT molecular complexity index is 183. The topological polar surface area (TPSA) is 61.4 Å². The van der Waals surface area contributed by atoms with E-state index in [4.69, 9.17) is 5.11 Å². The number of amides is 2. The number of hydrogen-bond acceptors (Lipinski definition) is 2. The Hall–Kier alpha value is -0.770. The van der Waals surface area contributed by atoms with E-state index in [9.17, 15) is 4.79 Å². The molecule has 0 aliphatic carbocycles. The highest BCUT2D eigenvalue weighted by atomic mass is 16.3. The van der Waals surface area contributed by atoms with Crippen LogP contribution in [0.4, 0.5) is 4.79 Å². The zero-order valence-electron chi connectivity index (χ0n) is 9.55. The molecule has 0 aromatic carbocycles. The number of nitrogens with one attached hydrogen (secondary N) is 2. The third-order valence-electron chi connectivity index (χ3n) is 2.28. The van der Waals surface area contributed by atoms with E-state index in [-0.39, 0.29) is 24.2 Å². The Morgan fingerprint density at radius 3 is 2.43 bits per heavy atom. The van der Waals surface area contributed by atoms with Crippen LogP contribution in [-0.2, 0) is 0 Å². The smallest absolute Gasteiger partial charge is 0.315 e. The van der Waals surface area contributed by atoms with Crippen LogP contribution in [0, 0.1) is 0 Å². The first-order valence-corrected chi connectivity index (χ1v) is 5.13. The molecule has 1 atom stereocenters. The summed E-state index contributed by atoms with van der Waals surface area (Å²) in [7, 11) is 0. The summed E-state index contributed by atoms with van der Waals surface area (Å²) < 4.78 is 0. The highest BCUT2D eigenvalue weighted by Crippen LogP contribution is 2.13. The highest BCUT2D eigenvalue weighted by molar-refractivity contribution is 5.74. The van der Waals surface area contributed by atoms with E-state index in [0.29, 0.717) is 6.42 Å². The van der Waals surface area contributed by atoms with Crippen molar-refractivity contribution in [1.29, 1.82) is 0 Å². The van der Waals surface area contributed by atoms with Crippen molar-refractivity contribution in [1.82, 2.24) is 10.6 Å². The summed E-state index contributed by atoms with van der Waals surface area (Å²) in [5.41, 5.74) is -0.312. The standard InChI is InChI=1S/C10H22N2O2/c1-5-10(4,6-7-13)12-9(14)11-8(2)3/h8,13H,5-7H2,1-4H3,(H2,11,12,14). The molecular formula is C10H22N2O2. The van der Waals surface area contributed by atoms with Crippen molar-refractivity contribution >= 4 is 6.03 Å². The SMILES string of the molecule is CCC(C)(CCO)NC(=O)NC(C)C. The zero-order chi connectivity index (χ0) is 11.2. The molecule has 0 aliphatic heterocycles. The summed E-state index contributed by atoms with van der Waals surface area (Å²) in [4.78, 5) is 11.4. The Balaban J connectivity index is 4.10. The van der Waals surface area contributed by atoms with Crippen LogP contribution in [0.15, 0.2) is 0 Å². The van der Waals surface area contributed by atoms with Crippen molar-refractivity contribution in [2.75, 3.05) is 6.61 Å². The van der Waals surface area contributed by atoms with Gasteiger partial charge in [0, 0.05) is 18.2 Å². The van der Waals surface area contributed by atoms with Gasteiger partial charge >= 0.3 is 6.03 Å². The van der Waals surface area contributed by atoms with Gasteiger partial charge in [-0.1, -0.05) is 6.92 Å². The number of aliphatic hydroxyl groups is 1. The number of urea groups is 1. The zero-order valence-corrected chi connectivity index (χ0v) is 9.55. The lowest BCUT2D eigenvalue weighted by molar-refractivity contribution is 0.199. The number of carbonyl (C=O) groups excluding carboxylic acids is 1. The van der Waals surface area contributed by atoms with E-state index < -0.39 is 0 Å². The van der Waals surface area contributed by atoms with Crippen LogP contribution in [0.25, 0.3) is 0 Å². The monoisotopic (exact) mass is 202 g/mol. The Morgan fingerprint density at radius 1 is 1.50 bits per heavy atom. The Morgan fingerprint density at radius 2 is 2.07 bits per heavy atom. The van der Waals surface area contributed by atoms with Crippen LogP contribution in [0.5, 0.6) is 0 Å². The summed E-state index contributed by atoms with van der Waals surface area (Å²) in [6.07, 6.45) is 1.38. The molecule has 0 aliphatic rings. The first kappa shape index (κ1) is 13.2. The normalized spacial score (nSPS) is 15.0. The van der Waals surface area contributed by atoms with E-state index in [2.05, 4.69) is 10.6 Å². The van der Waals surface area contributed by atoms with Gasteiger partial charge < -0.3 is 15.7 Å². The largest absolute Gasteiger partial charge is 0.396 e. The van der Waals surface area contributed by atoms with E-state index in [1.807, 2.05) is 27.7 Å². The molecule has 2 amide bonds. The molecule has 0 saturated heterocycles. The maximum absolute atomic E-state index is 11.4. The Kier molecular flexibility index (Phi) is 5.53. The van der Waals surface area contributed by atoms with Crippen LogP contribution in [0.3, 0.4) is 0 Å². The molecule has 0 saturated carbocycles. The van der Waals surface area contributed by atoms with Crippen molar-refractivity contribution in [2.45, 2.75) is 52.1 Å². The summed E-state index contributed by atoms with van der Waals surface area (Å²) >= 11 is 0. The van der Waals surface area contributed by atoms with Gasteiger partial charge in [0.1, 0.15) is 0 Å². The average Bonchev–Trinajstić information content (AvgIpc) is 2.02. The highest BCUT2D eigenvalue weighted by Gasteiger charge is 2.23. The third kappa shape index (κ3) is 5.07. The summed E-state index contributed by atoms with van der Waals surface area (Å²) in [5, 5.41) is 14.5. The van der Waals surface area contributed by atoms with Crippen molar-refractivity contribution in [2.24, 2.45) is 0 Å². The van der Waals surface area contributed by atoms with Crippen molar-refractivity contribution in [3.05, 3.63) is 0 Å². The first-order valence-electron chi connectivity index (χ1n) is 5.13. The minimum Gasteiger partial charge on any atom is -0.396 e. The van der Waals surface area contributed by atoms with Gasteiger partial charge in [0.15, 0.2) is 0 Å². The van der Waals surface area contributed by atoms with Crippen LogP contribution >= 0.6 is 0 Å². The summed E-state index contributed by atoms with van der Waals surface area (Å²) in [5.74, 6) is 0. The molecule has 0 aromatic rings. The maximum atomic E-state index is 11.4. The minimum atomic E-state index is -0.312. The molecular weight excluding hydrogens is 180 g/mol. The molecule has 84 valence electrons. The van der Waals surface area contributed by atoms with Gasteiger partial charge in [-0.05, 0) is 33.6 Å². The molecule has 0 bridgehead atoms. The minimum absolute atomic E-state index is 0.0896. The van der Waals surface area contributed by atoms with Crippen LogP contribution in [0.1, 0.15) is 40.5 Å². The first-order chi connectivity index (χ1) is 6.43. The molecule has 0 heterocycles. The van der Waals surface area contributed by atoms with Gasteiger partial charge in [-0.15, -0.1) is 0 Å². The van der Waals surface area contributed by atoms with Gasteiger partial charge in [0.2, 0.25) is 0 Å². The lowest BCUT2D eigenvalue weighted by atomic mass is 9.95. The fraction of sp³-hybridized carbons (Fsp3) is 0.900. The van der Waals surface area contributed by atoms with Crippen molar-refractivity contribution in [3.63, 3.8) is 0 Å². The Labute approximate surface area is 86.1 Å². The number of carbonyl (C=O) groups is 1. The second-order valence-electron chi connectivity index (χ2n) is 4.14. The van der Waals surface area contributed by atoms with Gasteiger partial charge in [-0.25, -0.2) is 4.79 Å². The number of hydrogen-bond donors (Lipinski definition) is 3. The van der Waals surface area contributed by atoms with Gasteiger partial charge in [-0.2, -0.15) is 0 Å².